The molecule has 0 spiro atoms. The van der Waals surface area contributed by atoms with E-state index >= 15 is 0 Å². The molecule has 2 aromatic rings. The standard InChI is InChI=1S/C18H20N2O5S/c1-20(2)26(22,23)17-10-6-3-7-13(17)11-19-18(21)16-12-24-14-8-4-5-9-15(14)25-16/h3-10,16H,11-12H2,1-2H3,(H,19,21). The summed E-state index contributed by atoms with van der Waals surface area (Å²) in [6.07, 6.45) is -0.789. The fourth-order valence-corrected chi connectivity index (χ4v) is 3.66. The third-order valence-electron chi connectivity index (χ3n) is 3.99. The van der Waals surface area contributed by atoms with E-state index in [1.54, 1.807) is 36.4 Å². The maximum atomic E-state index is 12.4. The molecule has 0 fully saturated rings. The fourth-order valence-electron chi connectivity index (χ4n) is 2.54. The molecule has 0 aromatic heterocycles. The van der Waals surface area contributed by atoms with E-state index < -0.39 is 16.1 Å². The van der Waals surface area contributed by atoms with Crippen LogP contribution in [0.15, 0.2) is 53.4 Å². The molecule has 1 aliphatic rings. The van der Waals surface area contributed by atoms with Crippen LogP contribution in [0.25, 0.3) is 0 Å². The first-order chi connectivity index (χ1) is 12.4. The molecule has 2 aromatic carbocycles. The Kier molecular flexibility index (Phi) is 5.15. The molecule has 0 aliphatic carbocycles. The van der Waals surface area contributed by atoms with Crippen LogP contribution in [0.5, 0.6) is 11.5 Å². The highest BCUT2D eigenvalue weighted by atomic mass is 32.2. The van der Waals surface area contributed by atoms with Crippen molar-refractivity contribution in [3.8, 4) is 11.5 Å². The average molecular weight is 376 g/mol. The third-order valence-corrected chi connectivity index (χ3v) is 5.90. The molecule has 3 rings (SSSR count). The smallest absolute Gasteiger partial charge is 0.264 e. The van der Waals surface area contributed by atoms with Crippen molar-refractivity contribution in [1.29, 1.82) is 0 Å². The van der Waals surface area contributed by atoms with Crippen LogP contribution in [-0.4, -0.2) is 45.4 Å². The third kappa shape index (κ3) is 3.66. The molecule has 1 aliphatic heterocycles. The van der Waals surface area contributed by atoms with E-state index in [-0.39, 0.29) is 24.0 Å². The van der Waals surface area contributed by atoms with Gasteiger partial charge < -0.3 is 14.8 Å². The molecule has 1 amide bonds. The van der Waals surface area contributed by atoms with Crippen LogP contribution in [-0.2, 0) is 21.4 Å². The van der Waals surface area contributed by atoms with Crippen molar-refractivity contribution in [3.63, 3.8) is 0 Å². The molecule has 1 heterocycles. The van der Waals surface area contributed by atoms with Crippen LogP contribution in [0, 0.1) is 0 Å². The van der Waals surface area contributed by atoms with Crippen LogP contribution < -0.4 is 14.8 Å². The van der Waals surface area contributed by atoms with Gasteiger partial charge in [-0.25, -0.2) is 12.7 Å². The normalized spacial score (nSPS) is 16.3. The predicted octanol–water partition coefficient (Wildman–Crippen LogP) is 1.39. The monoisotopic (exact) mass is 376 g/mol. The predicted molar refractivity (Wildman–Crippen MR) is 95.5 cm³/mol. The lowest BCUT2D eigenvalue weighted by molar-refractivity contribution is -0.130. The molecular formula is C18H20N2O5S. The van der Waals surface area contributed by atoms with Crippen molar-refractivity contribution < 1.29 is 22.7 Å². The molecular weight excluding hydrogens is 356 g/mol. The summed E-state index contributed by atoms with van der Waals surface area (Å²) < 4.78 is 37.1. The number of amides is 1. The minimum atomic E-state index is -3.59. The Morgan fingerprint density at radius 2 is 1.77 bits per heavy atom. The highest BCUT2D eigenvalue weighted by Gasteiger charge is 2.28. The van der Waals surface area contributed by atoms with E-state index in [1.807, 2.05) is 6.07 Å². The van der Waals surface area contributed by atoms with Crippen molar-refractivity contribution in [2.45, 2.75) is 17.5 Å². The van der Waals surface area contributed by atoms with Gasteiger partial charge in [-0.3, -0.25) is 4.79 Å². The molecule has 26 heavy (non-hydrogen) atoms. The first-order valence-corrected chi connectivity index (χ1v) is 9.50. The molecule has 1 atom stereocenters. The summed E-state index contributed by atoms with van der Waals surface area (Å²) in [6.45, 7) is 0.171. The molecule has 138 valence electrons. The van der Waals surface area contributed by atoms with Crippen molar-refractivity contribution in [1.82, 2.24) is 9.62 Å². The lowest BCUT2D eigenvalue weighted by Gasteiger charge is -2.25. The van der Waals surface area contributed by atoms with Gasteiger partial charge >= 0.3 is 0 Å². The van der Waals surface area contributed by atoms with Crippen LogP contribution in [0.2, 0.25) is 0 Å². The number of carbonyl (C=O) groups is 1. The van der Waals surface area contributed by atoms with Crippen molar-refractivity contribution in [3.05, 3.63) is 54.1 Å². The van der Waals surface area contributed by atoms with Crippen LogP contribution in [0.4, 0.5) is 0 Å². The quantitative estimate of drug-likeness (QED) is 0.853. The zero-order valence-corrected chi connectivity index (χ0v) is 15.3. The number of nitrogens with zero attached hydrogens (tertiary/aromatic N) is 1. The zero-order valence-electron chi connectivity index (χ0n) is 14.5. The minimum absolute atomic E-state index is 0.0730. The SMILES string of the molecule is CN(C)S(=O)(=O)c1ccccc1CNC(=O)C1COc2ccccc2O1. The van der Waals surface area contributed by atoms with Crippen LogP contribution in [0.3, 0.4) is 0 Å². The number of para-hydroxylation sites is 2. The van der Waals surface area contributed by atoms with Gasteiger partial charge in [0.25, 0.3) is 5.91 Å². The highest BCUT2D eigenvalue weighted by molar-refractivity contribution is 7.89. The van der Waals surface area contributed by atoms with Crippen molar-refractivity contribution in [2.75, 3.05) is 20.7 Å². The van der Waals surface area contributed by atoms with E-state index in [9.17, 15) is 13.2 Å². The number of hydrogen-bond acceptors (Lipinski definition) is 5. The number of benzene rings is 2. The summed E-state index contributed by atoms with van der Waals surface area (Å²) in [7, 11) is -0.659. The largest absolute Gasteiger partial charge is 0.485 e. The minimum Gasteiger partial charge on any atom is -0.485 e. The van der Waals surface area contributed by atoms with Gasteiger partial charge in [0.2, 0.25) is 16.1 Å². The maximum Gasteiger partial charge on any atom is 0.264 e. The van der Waals surface area contributed by atoms with E-state index in [0.717, 1.165) is 4.31 Å². The summed E-state index contributed by atoms with van der Waals surface area (Å²) in [5.74, 6) is 0.741. The number of carbonyl (C=O) groups excluding carboxylic acids is 1. The number of nitrogens with one attached hydrogen (secondary N) is 1. The Labute approximate surface area is 152 Å². The molecule has 1 unspecified atom stereocenters. The average Bonchev–Trinajstić information content (AvgIpc) is 2.65. The summed E-state index contributed by atoms with van der Waals surface area (Å²) in [6, 6.07) is 13.7. The first-order valence-electron chi connectivity index (χ1n) is 8.06. The lowest BCUT2D eigenvalue weighted by atomic mass is 10.2. The van der Waals surface area contributed by atoms with E-state index in [1.165, 1.54) is 20.2 Å². The fraction of sp³-hybridized carbons (Fsp3) is 0.278. The van der Waals surface area contributed by atoms with Crippen LogP contribution in [0.1, 0.15) is 5.56 Å². The molecule has 0 bridgehead atoms. The molecule has 1 N–H and O–H groups in total. The Bertz CT molecular complexity index is 911. The number of rotatable bonds is 5. The van der Waals surface area contributed by atoms with E-state index in [4.69, 9.17) is 9.47 Å². The molecule has 0 saturated carbocycles. The zero-order chi connectivity index (χ0) is 18.7. The second-order valence-electron chi connectivity index (χ2n) is 5.98. The molecule has 0 saturated heterocycles. The Morgan fingerprint density at radius 1 is 1.12 bits per heavy atom. The second-order valence-corrected chi connectivity index (χ2v) is 8.10. The Hall–Kier alpha value is -2.58. The summed E-state index contributed by atoms with van der Waals surface area (Å²) >= 11 is 0. The van der Waals surface area contributed by atoms with Gasteiger partial charge in [0.15, 0.2) is 11.5 Å². The number of hydrogen-bond donors (Lipinski definition) is 1. The molecule has 7 nitrogen and oxygen atoms in total. The Balaban J connectivity index is 1.70. The summed E-state index contributed by atoms with van der Waals surface area (Å²) in [5, 5.41) is 2.72. The molecule has 8 heteroatoms. The van der Waals surface area contributed by atoms with E-state index in [2.05, 4.69) is 5.32 Å². The lowest BCUT2D eigenvalue weighted by Crippen LogP contribution is -2.43. The first kappa shape index (κ1) is 18.2. The van der Waals surface area contributed by atoms with Gasteiger partial charge in [0.1, 0.15) is 6.61 Å². The number of ether oxygens (including phenoxy) is 2. The number of sulfonamides is 1. The van der Waals surface area contributed by atoms with Crippen molar-refractivity contribution in [2.24, 2.45) is 0 Å². The maximum absolute atomic E-state index is 12.4. The van der Waals surface area contributed by atoms with Crippen LogP contribution >= 0.6 is 0 Å². The Morgan fingerprint density at radius 3 is 2.50 bits per heavy atom. The van der Waals surface area contributed by atoms with Gasteiger partial charge in [-0.05, 0) is 23.8 Å². The summed E-state index contributed by atoms with van der Waals surface area (Å²) in [5.41, 5.74) is 0.506. The van der Waals surface area contributed by atoms with Gasteiger partial charge in [0, 0.05) is 20.6 Å². The van der Waals surface area contributed by atoms with Gasteiger partial charge in [-0.2, -0.15) is 0 Å². The second kappa shape index (κ2) is 7.35. The van der Waals surface area contributed by atoms with Crippen molar-refractivity contribution >= 4 is 15.9 Å². The topological polar surface area (TPSA) is 84.9 Å². The van der Waals surface area contributed by atoms with E-state index in [0.29, 0.717) is 17.1 Å². The highest BCUT2D eigenvalue weighted by Crippen LogP contribution is 2.30. The van der Waals surface area contributed by atoms with Gasteiger partial charge in [-0.15, -0.1) is 0 Å². The molecule has 0 radical (unpaired) electrons. The summed E-state index contributed by atoms with van der Waals surface area (Å²) in [4.78, 5) is 12.6. The number of fused-ring (bicyclic) bond motifs is 1. The van der Waals surface area contributed by atoms with Gasteiger partial charge in [-0.1, -0.05) is 30.3 Å². The van der Waals surface area contributed by atoms with Gasteiger partial charge in [0.05, 0.1) is 4.90 Å².